The van der Waals surface area contributed by atoms with Crippen LogP contribution in [0, 0.1) is 0 Å². The van der Waals surface area contributed by atoms with E-state index < -0.39 is 0 Å². The van der Waals surface area contributed by atoms with Crippen molar-refractivity contribution in [3.05, 3.63) is 66.2 Å². The Balaban J connectivity index is 1.31. The topological polar surface area (TPSA) is 174 Å². The first-order valence-electron chi connectivity index (χ1n) is 16.5. The molecule has 4 N–H and O–H groups in total. The minimum absolute atomic E-state index is 0.118. The molecule has 0 aliphatic heterocycles. The summed E-state index contributed by atoms with van der Waals surface area (Å²) < 4.78 is 12.3. The SMILES string of the molecule is CCOC(=O)CCCCCCCCCNC(=O)c1ccc(Nc2cc(Nc3cccc(-c4ncn(C)n4)c3OC)c(C(=O)NC)cn2)nc1. The molecule has 1 aromatic carbocycles. The first kappa shape index (κ1) is 36.3. The second kappa shape index (κ2) is 18.7. The molecule has 0 saturated heterocycles. The van der Waals surface area contributed by atoms with Crippen LogP contribution in [0.15, 0.2) is 55.1 Å². The summed E-state index contributed by atoms with van der Waals surface area (Å²) in [5.41, 5.74) is 2.54. The molecule has 0 spiro atoms. The van der Waals surface area contributed by atoms with Gasteiger partial charge in [0.15, 0.2) is 11.6 Å². The molecule has 3 heterocycles. The number of unbranched alkanes of at least 4 members (excludes halogenated alkanes) is 6. The number of aromatic nitrogens is 5. The van der Waals surface area contributed by atoms with Gasteiger partial charge in [-0.3, -0.25) is 19.1 Å². The van der Waals surface area contributed by atoms with Gasteiger partial charge < -0.3 is 30.7 Å². The van der Waals surface area contributed by atoms with Crippen molar-refractivity contribution in [1.29, 1.82) is 0 Å². The zero-order valence-corrected chi connectivity index (χ0v) is 28.5. The number of para-hydroxylation sites is 1. The van der Waals surface area contributed by atoms with E-state index in [4.69, 9.17) is 9.47 Å². The van der Waals surface area contributed by atoms with E-state index in [1.807, 2.05) is 25.1 Å². The summed E-state index contributed by atoms with van der Waals surface area (Å²) in [6.07, 6.45) is 12.2. The lowest BCUT2D eigenvalue weighted by molar-refractivity contribution is -0.143. The second-order valence-corrected chi connectivity index (χ2v) is 11.3. The quantitative estimate of drug-likeness (QED) is 0.0728. The van der Waals surface area contributed by atoms with Gasteiger partial charge in [0, 0.05) is 45.5 Å². The molecule has 0 bridgehead atoms. The van der Waals surface area contributed by atoms with E-state index in [9.17, 15) is 14.4 Å². The van der Waals surface area contributed by atoms with Gasteiger partial charge in [-0.05, 0) is 44.0 Å². The molecular weight excluding hydrogens is 626 g/mol. The van der Waals surface area contributed by atoms with Crippen LogP contribution in [0.25, 0.3) is 11.4 Å². The molecule has 2 amide bonds. The Morgan fingerprint density at radius 1 is 0.837 bits per heavy atom. The number of aryl methyl sites for hydroxylation is 1. The predicted molar refractivity (Wildman–Crippen MR) is 187 cm³/mol. The van der Waals surface area contributed by atoms with Crippen molar-refractivity contribution in [3.63, 3.8) is 0 Å². The number of benzene rings is 1. The third-order valence-electron chi connectivity index (χ3n) is 7.64. The van der Waals surface area contributed by atoms with Crippen molar-refractivity contribution in [2.45, 2.75) is 58.3 Å². The van der Waals surface area contributed by atoms with Crippen molar-refractivity contribution in [1.82, 2.24) is 35.4 Å². The van der Waals surface area contributed by atoms with Gasteiger partial charge in [-0.15, -0.1) is 0 Å². The largest absolute Gasteiger partial charge is 0.494 e. The fourth-order valence-corrected chi connectivity index (χ4v) is 5.13. The molecule has 4 aromatic rings. The normalized spacial score (nSPS) is 10.7. The van der Waals surface area contributed by atoms with Crippen LogP contribution in [0.3, 0.4) is 0 Å². The lowest BCUT2D eigenvalue weighted by atomic mass is 10.1. The van der Waals surface area contributed by atoms with Gasteiger partial charge in [-0.25, -0.2) is 15.0 Å². The van der Waals surface area contributed by atoms with E-state index >= 15 is 0 Å². The maximum absolute atomic E-state index is 12.7. The fraction of sp³-hybridized carbons (Fsp3) is 0.400. The summed E-state index contributed by atoms with van der Waals surface area (Å²) in [5.74, 6) is 1.30. The number of pyridine rings is 2. The van der Waals surface area contributed by atoms with Crippen LogP contribution in [0.4, 0.5) is 23.0 Å². The van der Waals surface area contributed by atoms with Crippen LogP contribution in [0.5, 0.6) is 5.75 Å². The molecule has 0 radical (unpaired) electrons. The Bertz CT molecular complexity index is 1690. The number of methoxy groups -OCH3 is 1. The third kappa shape index (κ3) is 10.7. The Kier molecular flexibility index (Phi) is 13.9. The van der Waals surface area contributed by atoms with Gasteiger partial charge in [-0.2, -0.15) is 5.10 Å². The van der Waals surface area contributed by atoms with E-state index in [1.54, 1.807) is 50.4 Å². The van der Waals surface area contributed by atoms with Crippen molar-refractivity contribution in [2.75, 3.05) is 37.9 Å². The van der Waals surface area contributed by atoms with E-state index in [0.29, 0.717) is 70.8 Å². The molecule has 0 fully saturated rings. The number of nitrogens with zero attached hydrogens (tertiary/aromatic N) is 5. The maximum atomic E-state index is 12.7. The van der Waals surface area contributed by atoms with Gasteiger partial charge >= 0.3 is 5.97 Å². The second-order valence-electron chi connectivity index (χ2n) is 11.3. The van der Waals surface area contributed by atoms with Gasteiger partial charge in [0.05, 0.1) is 41.8 Å². The molecule has 0 atom stereocenters. The zero-order valence-electron chi connectivity index (χ0n) is 28.5. The minimum atomic E-state index is -0.320. The molecule has 4 rings (SSSR count). The number of hydrogen-bond donors (Lipinski definition) is 4. The van der Waals surface area contributed by atoms with Crippen LogP contribution < -0.4 is 26.0 Å². The highest BCUT2D eigenvalue weighted by molar-refractivity contribution is 6.01. The molecule has 0 unspecified atom stereocenters. The van der Waals surface area contributed by atoms with Gasteiger partial charge in [0.2, 0.25) is 0 Å². The lowest BCUT2D eigenvalue weighted by Gasteiger charge is -2.17. The number of esters is 1. The summed E-state index contributed by atoms with van der Waals surface area (Å²) >= 11 is 0. The van der Waals surface area contributed by atoms with Crippen molar-refractivity contribution >= 4 is 40.8 Å². The van der Waals surface area contributed by atoms with Crippen molar-refractivity contribution < 1.29 is 23.9 Å². The molecule has 49 heavy (non-hydrogen) atoms. The lowest BCUT2D eigenvalue weighted by Crippen LogP contribution is -2.24. The Labute approximate surface area is 286 Å². The number of carbonyl (C=O) groups excluding carboxylic acids is 3. The fourth-order valence-electron chi connectivity index (χ4n) is 5.13. The highest BCUT2D eigenvalue weighted by Crippen LogP contribution is 2.37. The smallest absolute Gasteiger partial charge is 0.305 e. The zero-order chi connectivity index (χ0) is 35.0. The predicted octanol–water partition coefficient (Wildman–Crippen LogP) is 5.54. The average Bonchev–Trinajstić information content (AvgIpc) is 3.55. The van der Waals surface area contributed by atoms with E-state index in [-0.39, 0.29) is 17.8 Å². The monoisotopic (exact) mass is 671 g/mol. The van der Waals surface area contributed by atoms with Crippen LogP contribution in [-0.4, -0.2) is 69.8 Å². The van der Waals surface area contributed by atoms with Crippen molar-refractivity contribution in [3.8, 4) is 17.1 Å². The third-order valence-corrected chi connectivity index (χ3v) is 7.64. The van der Waals surface area contributed by atoms with Gasteiger partial charge in [-0.1, -0.05) is 38.2 Å². The molecule has 0 aliphatic rings. The summed E-state index contributed by atoms with van der Waals surface area (Å²) in [6, 6.07) is 10.6. The highest BCUT2D eigenvalue weighted by atomic mass is 16.5. The van der Waals surface area contributed by atoms with Gasteiger partial charge in [0.25, 0.3) is 11.8 Å². The number of nitrogens with one attached hydrogen (secondary N) is 4. The van der Waals surface area contributed by atoms with Crippen LogP contribution >= 0.6 is 0 Å². The Hall–Kier alpha value is -5.53. The molecule has 0 aliphatic carbocycles. The molecule has 3 aromatic heterocycles. The number of rotatable bonds is 19. The summed E-state index contributed by atoms with van der Waals surface area (Å²) in [4.78, 5) is 49.9. The molecule has 260 valence electrons. The van der Waals surface area contributed by atoms with Gasteiger partial charge in [0.1, 0.15) is 18.0 Å². The summed E-state index contributed by atoms with van der Waals surface area (Å²) in [6.45, 7) is 2.84. The Morgan fingerprint density at radius 3 is 2.27 bits per heavy atom. The maximum Gasteiger partial charge on any atom is 0.305 e. The number of amides is 2. The average molecular weight is 672 g/mol. The Morgan fingerprint density at radius 2 is 1.59 bits per heavy atom. The van der Waals surface area contributed by atoms with Crippen LogP contribution in [-0.2, 0) is 16.6 Å². The highest BCUT2D eigenvalue weighted by Gasteiger charge is 2.18. The number of ether oxygens (including phenoxy) is 2. The minimum Gasteiger partial charge on any atom is -0.494 e. The van der Waals surface area contributed by atoms with E-state index in [0.717, 1.165) is 44.9 Å². The molecular formula is C35H45N9O5. The molecule has 14 heteroatoms. The van der Waals surface area contributed by atoms with Crippen LogP contribution in [0.1, 0.15) is 79.0 Å². The van der Waals surface area contributed by atoms with E-state index in [2.05, 4.69) is 41.3 Å². The molecule has 0 saturated carbocycles. The summed E-state index contributed by atoms with van der Waals surface area (Å²) in [5, 5.41) is 16.4. The summed E-state index contributed by atoms with van der Waals surface area (Å²) in [7, 11) is 4.90. The first-order chi connectivity index (χ1) is 23.8. The number of hydrogen-bond acceptors (Lipinski definition) is 11. The van der Waals surface area contributed by atoms with E-state index in [1.165, 1.54) is 12.4 Å². The standard InChI is InChI=1S/C35H45N9O5/c1-5-49-31(45)16-11-9-7-6-8-10-12-19-37-34(46)24-17-18-29(38-21-24)42-30-20-28(26(22-39-30)35(47)36-2)41-27-15-13-14-25(32(27)48-4)33-40-23-44(3)43-33/h13-15,17-18,20-23H,5-12,16,19H2,1-4H3,(H,36,47)(H,37,46)(H2,38,39,41,42). The molecule has 14 nitrogen and oxygen atoms in total. The van der Waals surface area contributed by atoms with Crippen molar-refractivity contribution in [2.24, 2.45) is 7.05 Å². The first-order valence-corrected chi connectivity index (χ1v) is 16.5. The number of carbonyl (C=O) groups is 3. The number of anilines is 4. The van der Waals surface area contributed by atoms with Crippen LogP contribution in [0.2, 0.25) is 0 Å².